The van der Waals surface area contributed by atoms with Gasteiger partial charge in [0.25, 0.3) is 0 Å². The highest BCUT2D eigenvalue weighted by Gasteiger charge is 2.22. The smallest absolute Gasteiger partial charge is 0.0101 e. The number of nitrogens with zero attached hydrogens (tertiary/aromatic N) is 1. The van der Waals surface area contributed by atoms with Gasteiger partial charge in [0.2, 0.25) is 0 Å². The van der Waals surface area contributed by atoms with Gasteiger partial charge in [0.15, 0.2) is 0 Å². The lowest BCUT2D eigenvalue weighted by molar-refractivity contribution is 0.235. The highest BCUT2D eigenvalue weighted by Crippen LogP contribution is 2.29. The topological polar surface area (TPSA) is 15.3 Å². The average Bonchev–Trinajstić information content (AvgIpc) is 2.18. The standard InChI is InChI=1S/C13H28N2/c1-11(2)12-5-7-13(8-6-12)14-9-10-15(3)4/h11-14H,5-10H2,1-4H3. The van der Waals surface area contributed by atoms with Crippen LogP contribution in [0.25, 0.3) is 0 Å². The van der Waals surface area contributed by atoms with E-state index in [4.69, 9.17) is 0 Å². The Morgan fingerprint density at radius 3 is 2.20 bits per heavy atom. The van der Waals surface area contributed by atoms with Gasteiger partial charge in [-0.3, -0.25) is 0 Å². The maximum Gasteiger partial charge on any atom is 0.0101 e. The summed E-state index contributed by atoms with van der Waals surface area (Å²) in [5.41, 5.74) is 0. The fraction of sp³-hybridized carbons (Fsp3) is 1.00. The summed E-state index contributed by atoms with van der Waals surface area (Å²) in [7, 11) is 4.27. The quantitative estimate of drug-likeness (QED) is 0.752. The van der Waals surface area contributed by atoms with Crippen LogP contribution in [0.3, 0.4) is 0 Å². The Morgan fingerprint density at radius 2 is 1.73 bits per heavy atom. The summed E-state index contributed by atoms with van der Waals surface area (Å²) in [6.07, 6.45) is 5.63. The Morgan fingerprint density at radius 1 is 1.13 bits per heavy atom. The van der Waals surface area contributed by atoms with Crippen LogP contribution >= 0.6 is 0 Å². The van der Waals surface area contributed by atoms with Crippen molar-refractivity contribution in [1.82, 2.24) is 10.2 Å². The molecule has 1 fully saturated rings. The van der Waals surface area contributed by atoms with Crippen molar-refractivity contribution < 1.29 is 0 Å². The SMILES string of the molecule is CC(C)C1CCC(NCCN(C)C)CC1. The molecule has 0 bridgehead atoms. The molecule has 0 spiro atoms. The Labute approximate surface area is 95.4 Å². The van der Waals surface area contributed by atoms with Crippen molar-refractivity contribution in [3.05, 3.63) is 0 Å². The van der Waals surface area contributed by atoms with Gasteiger partial charge in [0.05, 0.1) is 0 Å². The average molecular weight is 212 g/mol. The highest BCUT2D eigenvalue weighted by atomic mass is 15.1. The fourth-order valence-corrected chi connectivity index (χ4v) is 2.48. The van der Waals surface area contributed by atoms with E-state index in [0.29, 0.717) is 0 Å². The summed E-state index contributed by atoms with van der Waals surface area (Å²) >= 11 is 0. The molecule has 1 N–H and O–H groups in total. The Hall–Kier alpha value is -0.0800. The van der Waals surface area contributed by atoms with Gasteiger partial charge >= 0.3 is 0 Å². The predicted molar refractivity (Wildman–Crippen MR) is 67.1 cm³/mol. The molecule has 1 saturated carbocycles. The van der Waals surface area contributed by atoms with E-state index in [1.54, 1.807) is 0 Å². The molecular formula is C13H28N2. The van der Waals surface area contributed by atoms with Crippen molar-refractivity contribution in [3.63, 3.8) is 0 Å². The van der Waals surface area contributed by atoms with E-state index < -0.39 is 0 Å². The van der Waals surface area contributed by atoms with Crippen LogP contribution in [0.4, 0.5) is 0 Å². The van der Waals surface area contributed by atoms with Gasteiger partial charge in [-0.15, -0.1) is 0 Å². The summed E-state index contributed by atoms with van der Waals surface area (Å²) in [5.74, 6) is 1.87. The summed E-state index contributed by atoms with van der Waals surface area (Å²) in [6.45, 7) is 7.03. The number of likely N-dealkylation sites (N-methyl/N-ethyl adjacent to an activating group) is 1. The van der Waals surface area contributed by atoms with Crippen LogP contribution in [0.1, 0.15) is 39.5 Å². The van der Waals surface area contributed by atoms with Crippen LogP contribution in [-0.2, 0) is 0 Å². The molecule has 0 heterocycles. The zero-order valence-electron chi connectivity index (χ0n) is 10.9. The molecule has 0 saturated heterocycles. The minimum absolute atomic E-state index is 0.792. The molecule has 0 amide bonds. The largest absolute Gasteiger partial charge is 0.313 e. The van der Waals surface area contributed by atoms with Crippen LogP contribution in [0, 0.1) is 11.8 Å². The summed E-state index contributed by atoms with van der Waals surface area (Å²) < 4.78 is 0. The molecule has 90 valence electrons. The van der Waals surface area contributed by atoms with Crippen molar-refractivity contribution >= 4 is 0 Å². The van der Waals surface area contributed by atoms with Crippen LogP contribution in [0.5, 0.6) is 0 Å². The molecule has 0 aromatic heterocycles. The molecule has 0 aliphatic heterocycles. The normalized spacial score (nSPS) is 27.6. The van der Waals surface area contributed by atoms with E-state index >= 15 is 0 Å². The number of rotatable bonds is 5. The summed E-state index contributed by atoms with van der Waals surface area (Å²) in [4.78, 5) is 2.24. The van der Waals surface area contributed by atoms with Crippen molar-refractivity contribution in [2.45, 2.75) is 45.6 Å². The molecule has 0 atom stereocenters. The zero-order chi connectivity index (χ0) is 11.3. The molecule has 2 nitrogen and oxygen atoms in total. The minimum atomic E-state index is 0.792. The first-order valence-corrected chi connectivity index (χ1v) is 6.47. The second-order valence-corrected chi connectivity index (χ2v) is 5.61. The molecule has 15 heavy (non-hydrogen) atoms. The number of nitrogens with one attached hydrogen (secondary N) is 1. The Bertz CT molecular complexity index is 155. The lowest BCUT2D eigenvalue weighted by atomic mass is 9.80. The second-order valence-electron chi connectivity index (χ2n) is 5.61. The molecular weight excluding hydrogens is 184 g/mol. The van der Waals surface area contributed by atoms with E-state index in [2.05, 4.69) is 38.2 Å². The minimum Gasteiger partial charge on any atom is -0.313 e. The third-order valence-corrected chi connectivity index (χ3v) is 3.71. The zero-order valence-corrected chi connectivity index (χ0v) is 10.9. The van der Waals surface area contributed by atoms with Crippen molar-refractivity contribution in [2.24, 2.45) is 11.8 Å². The summed E-state index contributed by atoms with van der Waals surface area (Å²) in [5, 5.41) is 3.67. The molecule has 0 aromatic rings. The highest BCUT2D eigenvalue weighted by molar-refractivity contribution is 4.78. The van der Waals surface area contributed by atoms with Crippen LogP contribution in [0.2, 0.25) is 0 Å². The Kier molecular flexibility index (Phi) is 5.62. The lowest BCUT2D eigenvalue weighted by Crippen LogP contribution is -2.37. The first-order valence-electron chi connectivity index (χ1n) is 6.47. The molecule has 1 aliphatic rings. The van der Waals surface area contributed by atoms with Crippen molar-refractivity contribution in [1.29, 1.82) is 0 Å². The lowest BCUT2D eigenvalue weighted by Gasteiger charge is -2.31. The molecule has 1 aliphatic carbocycles. The van der Waals surface area contributed by atoms with Crippen molar-refractivity contribution in [3.8, 4) is 0 Å². The molecule has 2 heteroatoms. The third-order valence-electron chi connectivity index (χ3n) is 3.71. The van der Waals surface area contributed by atoms with E-state index in [1.165, 1.54) is 25.7 Å². The van der Waals surface area contributed by atoms with Crippen LogP contribution < -0.4 is 5.32 Å². The van der Waals surface area contributed by atoms with E-state index in [1.807, 2.05) is 0 Å². The fourth-order valence-electron chi connectivity index (χ4n) is 2.48. The van der Waals surface area contributed by atoms with Gasteiger partial charge in [-0.1, -0.05) is 13.8 Å². The van der Waals surface area contributed by atoms with E-state index in [0.717, 1.165) is 31.0 Å². The van der Waals surface area contributed by atoms with E-state index in [-0.39, 0.29) is 0 Å². The first-order chi connectivity index (χ1) is 7.09. The van der Waals surface area contributed by atoms with Crippen LogP contribution in [-0.4, -0.2) is 38.1 Å². The number of hydrogen-bond donors (Lipinski definition) is 1. The molecule has 0 aromatic carbocycles. The van der Waals surface area contributed by atoms with Gasteiger partial charge in [-0.25, -0.2) is 0 Å². The Balaban J connectivity index is 2.09. The molecule has 1 rings (SSSR count). The van der Waals surface area contributed by atoms with Crippen molar-refractivity contribution in [2.75, 3.05) is 27.2 Å². The maximum absolute atomic E-state index is 3.67. The number of hydrogen-bond acceptors (Lipinski definition) is 2. The van der Waals surface area contributed by atoms with Crippen LogP contribution in [0.15, 0.2) is 0 Å². The summed E-state index contributed by atoms with van der Waals surface area (Å²) in [6, 6.07) is 0.792. The predicted octanol–water partition coefficient (Wildman–Crippen LogP) is 2.35. The molecule has 0 radical (unpaired) electrons. The van der Waals surface area contributed by atoms with Gasteiger partial charge in [0.1, 0.15) is 0 Å². The maximum atomic E-state index is 3.67. The van der Waals surface area contributed by atoms with Gasteiger partial charge in [-0.05, 0) is 51.6 Å². The monoisotopic (exact) mass is 212 g/mol. The van der Waals surface area contributed by atoms with Gasteiger partial charge < -0.3 is 10.2 Å². The first kappa shape index (κ1) is 13.0. The second kappa shape index (κ2) is 6.49. The molecule has 0 unspecified atom stereocenters. The van der Waals surface area contributed by atoms with Gasteiger partial charge in [-0.2, -0.15) is 0 Å². The van der Waals surface area contributed by atoms with Gasteiger partial charge in [0, 0.05) is 19.1 Å². The third kappa shape index (κ3) is 4.98. The van der Waals surface area contributed by atoms with E-state index in [9.17, 15) is 0 Å².